The standard InChI is InChI=1S/C26H32N2O2S/c1-18(2)26-25(28-20(4)31-26)22-10-14-24(15-11-22)30-17-7-5-6-16-29-23-12-8-21(9-13-23)19(3)27/h8-15,18H,3,5-7,16-17,27H2,1-2,4H3. The molecule has 1 heterocycles. The number of hydrogen-bond donors (Lipinski definition) is 1. The normalized spacial score (nSPS) is 11.0. The van der Waals surface area contributed by atoms with Crippen LogP contribution < -0.4 is 15.2 Å². The van der Waals surface area contributed by atoms with E-state index in [1.165, 1.54) is 4.88 Å². The first kappa shape index (κ1) is 22.9. The van der Waals surface area contributed by atoms with E-state index in [2.05, 4.69) is 39.5 Å². The van der Waals surface area contributed by atoms with Gasteiger partial charge in [-0.1, -0.05) is 20.4 Å². The van der Waals surface area contributed by atoms with Crippen LogP contribution in [0.1, 0.15) is 54.5 Å². The molecule has 0 aliphatic heterocycles. The highest BCUT2D eigenvalue weighted by molar-refractivity contribution is 7.12. The maximum absolute atomic E-state index is 5.90. The van der Waals surface area contributed by atoms with Gasteiger partial charge < -0.3 is 15.2 Å². The molecule has 0 spiro atoms. The molecule has 0 amide bonds. The van der Waals surface area contributed by atoms with Gasteiger partial charge >= 0.3 is 0 Å². The van der Waals surface area contributed by atoms with Gasteiger partial charge in [0.15, 0.2) is 0 Å². The topological polar surface area (TPSA) is 57.4 Å². The van der Waals surface area contributed by atoms with Crippen molar-refractivity contribution in [3.63, 3.8) is 0 Å². The van der Waals surface area contributed by atoms with Crippen molar-refractivity contribution in [1.82, 2.24) is 4.98 Å². The van der Waals surface area contributed by atoms with Gasteiger partial charge in [-0.2, -0.15) is 0 Å². The van der Waals surface area contributed by atoms with E-state index >= 15 is 0 Å². The Kier molecular flexibility index (Phi) is 8.13. The summed E-state index contributed by atoms with van der Waals surface area (Å²) in [5.74, 6) is 2.24. The van der Waals surface area contributed by atoms with Crippen molar-refractivity contribution in [1.29, 1.82) is 0 Å². The number of aromatic nitrogens is 1. The molecule has 0 radical (unpaired) electrons. The minimum atomic E-state index is 0.478. The van der Waals surface area contributed by atoms with Gasteiger partial charge in [0, 0.05) is 16.1 Å². The summed E-state index contributed by atoms with van der Waals surface area (Å²) in [4.78, 5) is 6.07. The summed E-state index contributed by atoms with van der Waals surface area (Å²) < 4.78 is 11.7. The maximum atomic E-state index is 5.90. The van der Waals surface area contributed by atoms with Crippen LogP contribution in [0, 0.1) is 6.92 Å². The second-order valence-electron chi connectivity index (χ2n) is 7.93. The molecule has 0 bridgehead atoms. The fourth-order valence-electron chi connectivity index (χ4n) is 3.28. The fourth-order valence-corrected chi connectivity index (χ4v) is 4.23. The molecule has 0 aliphatic rings. The molecule has 0 fully saturated rings. The van der Waals surface area contributed by atoms with E-state index in [4.69, 9.17) is 20.2 Å². The second kappa shape index (κ2) is 11.0. The van der Waals surface area contributed by atoms with Crippen molar-refractivity contribution in [3.05, 3.63) is 70.6 Å². The third-order valence-electron chi connectivity index (χ3n) is 4.96. The molecule has 3 aromatic rings. The van der Waals surface area contributed by atoms with E-state index in [0.717, 1.165) is 52.6 Å². The summed E-state index contributed by atoms with van der Waals surface area (Å²) in [7, 11) is 0. The zero-order valence-corrected chi connectivity index (χ0v) is 19.5. The number of ether oxygens (including phenoxy) is 2. The van der Waals surface area contributed by atoms with Crippen molar-refractivity contribution >= 4 is 17.0 Å². The molecule has 5 heteroatoms. The quantitative estimate of drug-likeness (QED) is 0.336. The Balaban J connectivity index is 1.36. The molecule has 1 aromatic heterocycles. The first-order valence-electron chi connectivity index (χ1n) is 10.8. The van der Waals surface area contributed by atoms with Gasteiger partial charge in [-0.15, -0.1) is 11.3 Å². The molecular formula is C26H32N2O2S. The van der Waals surface area contributed by atoms with Crippen molar-refractivity contribution < 1.29 is 9.47 Å². The minimum Gasteiger partial charge on any atom is -0.494 e. The fraction of sp³-hybridized carbons (Fsp3) is 0.346. The molecule has 164 valence electrons. The molecule has 0 atom stereocenters. The average Bonchev–Trinajstić information content (AvgIpc) is 3.16. The lowest BCUT2D eigenvalue weighted by Gasteiger charge is -2.09. The van der Waals surface area contributed by atoms with E-state index < -0.39 is 0 Å². The van der Waals surface area contributed by atoms with Crippen LogP contribution in [0.3, 0.4) is 0 Å². The summed E-state index contributed by atoms with van der Waals surface area (Å²) in [6, 6.07) is 16.0. The highest BCUT2D eigenvalue weighted by Crippen LogP contribution is 2.34. The molecule has 0 saturated carbocycles. The van der Waals surface area contributed by atoms with Crippen LogP contribution in [0.2, 0.25) is 0 Å². The van der Waals surface area contributed by atoms with E-state index in [9.17, 15) is 0 Å². The van der Waals surface area contributed by atoms with Crippen molar-refractivity contribution in [2.45, 2.75) is 46.0 Å². The molecule has 2 N–H and O–H groups in total. The molecule has 2 aromatic carbocycles. The van der Waals surface area contributed by atoms with Crippen molar-refractivity contribution in [2.75, 3.05) is 13.2 Å². The Morgan fingerprint density at radius 2 is 1.48 bits per heavy atom. The highest BCUT2D eigenvalue weighted by atomic mass is 32.1. The first-order valence-corrected chi connectivity index (χ1v) is 11.6. The Morgan fingerprint density at radius 3 is 2.00 bits per heavy atom. The lowest BCUT2D eigenvalue weighted by molar-refractivity contribution is 0.279. The number of thiazole rings is 1. The van der Waals surface area contributed by atoms with Crippen LogP contribution in [-0.2, 0) is 0 Å². The van der Waals surface area contributed by atoms with Gasteiger partial charge in [0.1, 0.15) is 11.5 Å². The van der Waals surface area contributed by atoms with Gasteiger partial charge in [0.05, 0.1) is 23.9 Å². The first-order chi connectivity index (χ1) is 14.9. The van der Waals surface area contributed by atoms with Crippen LogP contribution in [0.4, 0.5) is 0 Å². The third kappa shape index (κ3) is 6.59. The lowest BCUT2D eigenvalue weighted by atomic mass is 10.1. The van der Waals surface area contributed by atoms with Crippen molar-refractivity contribution in [2.24, 2.45) is 5.73 Å². The van der Waals surface area contributed by atoms with E-state index in [-0.39, 0.29) is 0 Å². The largest absolute Gasteiger partial charge is 0.494 e. The summed E-state index contributed by atoms with van der Waals surface area (Å²) in [5.41, 5.74) is 9.43. The van der Waals surface area contributed by atoms with Gasteiger partial charge in [0.25, 0.3) is 0 Å². The molecule has 0 aliphatic carbocycles. The Morgan fingerprint density at radius 1 is 0.935 bits per heavy atom. The van der Waals surface area contributed by atoms with Crippen LogP contribution in [0.25, 0.3) is 17.0 Å². The predicted octanol–water partition coefficient (Wildman–Crippen LogP) is 6.80. The Hall–Kier alpha value is -2.79. The number of aryl methyl sites for hydroxylation is 1. The van der Waals surface area contributed by atoms with Crippen LogP contribution >= 0.6 is 11.3 Å². The van der Waals surface area contributed by atoms with Gasteiger partial charge in [-0.3, -0.25) is 0 Å². The molecule has 31 heavy (non-hydrogen) atoms. The monoisotopic (exact) mass is 436 g/mol. The second-order valence-corrected chi connectivity index (χ2v) is 9.17. The number of unbranched alkanes of at least 4 members (excludes halogenated alkanes) is 2. The predicted molar refractivity (Wildman–Crippen MR) is 131 cm³/mol. The molecule has 4 nitrogen and oxygen atoms in total. The Bertz CT molecular complexity index is 976. The molecule has 0 unspecified atom stereocenters. The van der Waals surface area contributed by atoms with Gasteiger partial charge in [-0.25, -0.2) is 4.98 Å². The molecule has 3 rings (SSSR count). The third-order valence-corrected chi connectivity index (χ3v) is 6.24. The summed E-state index contributed by atoms with van der Waals surface area (Å²) in [6.07, 6.45) is 3.06. The summed E-state index contributed by atoms with van der Waals surface area (Å²) >= 11 is 1.78. The van der Waals surface area contributed by atoms with Crippen LogP contribution in [-0.4, -0.2) is 18.2 Å². The van der Waals surface area contributed by atoms with Gasteiger partial charge in [0.2, 0.25) is 0 Å². The highest BCUT2D eigenvalue weighted by Gasteiger charge is 2.14. The lowest BCUT2D eigenvalue weighted by Crippen LogP contribution is -2.01. The molecular weight excluding hydrogens is 404 g/mol. The van der Waals surface area contributed by atoms with Gasteiger partial charge in [-0.05, 0) is 86.2 Å². The SMILES string of the molecule is C=C(N)c1ccc(OCCCCCOc2ccc(-c3nc(C)sc3C(C)C)cc2)cc1. The maximum Gasteiger partial charge on any atom is 0.119 e. The van der Waals surface area contributed by atoms with Crippen LogP contribution in [0.15, 0.2) is 55.1 Å². The number of nitrogens with zero attached hydrogens (tertiary/aromatic N) is 1. The minimum absolute atomic E-state index is 0.478. The van der Waals surface area contributed by atoms with E-state index in [1.807, 2.05) is 36.4 Å². The van der Waals surface area contributed by atoms with E-state index in [1.54, 1.807) is 11.3 Å². The van der Waals surface area contributed by atoms with Crippen LogP contribution in [0.5, 0.6) is 11.5 Å². The Labute approximate surface area is 189 Å². The van der Waals surface area contributed by atoms with Crippen molar-refractivity contribution in [3.8, 4) is 22.8 Å². The smallest absolute Gasteiger partial charge is 0.119 e. The number of rotatable bonds is 11. The average molecular weight is 437 g/mol. The molecule has 0 saturated heterocycles. The zero-order chi connectivity index (χ0) is 22.2. The zero-order valence-electron chi connectivity index (χ0n) is 18.7. The summed E-state index contributed by atoms with van der Waals surface area (Å²) in [6.45, 7) is 11.6. The number of benzene rings is 2. The number of nitrogens with two attached hydrogens (primary N) is 1. The summed E-state index contributed by atoms with van der Waals surface area (Å²) in [5, 5.41) is 1.11. The van der Waals surface area contributed by atoms with E-state index in [0.29, 0.717) is 24.8 Å². The number of hydrogen-bond acceptors (Lipinski definition) is 5.